The van der Waals surface area contributed by atoms with E-state index in [1.807, 2.05) is 19.9 Å². The van der Waals surface area contributed by atoms with Crippen LogP contribution >= 0.6 is 0 Å². The van der Waals surface area contributed by atoms with Crippen LogP contribution in [0.15, 0.2) is 24.3 Å². The van der Waals surface area contributed by atoms with Crippen LogP contribution in [0.2, 0.25) is 0 Å². The molecule has 1 atom stereocenters. The van der Waals surface area contributed by atoms with Crippen molar-refractivity contribution < 1.29 is 18.4 Å². The molecule has 5 nitrogen and oxygen atoms in total. The zero-order valence-electron chi connectivity index (χ0n) is 14.8. The van der Waals surface area contributed by atoms with Gasteiger partial charge < -0.3 is 10.2 Å². The van der Waals surface area contributed by atoms with E-state index in [4.69, 9.17) is 0 Å². The first-order chi connectivity index (χ1) is 12.3. The molecule has 0 radical (unpaired) electrons. The fourth-order valence-corrected chi connectivity index (χ4v) is 3.25. The standard InChI is InChI=1S/C19H19F2N3O2/c1-10-6-11(2)22-12(3)18(10)23-19(26)13-7-17(25)24(9-13)16-5-4-14(20)8-15(16)21/h4-6,8,13H,7,9H2,1-3H3,(H,23,26). The summed E-state index contributed by atoms with van der Waals surface area (Å²) >= 11 is 0. The molecule has 1 aliphatic heterocycles. The number of halogens is 2. The lowest BCUT2D eigenvalue weighted by Gasteiger charge is -2.18. The van der Waals surface area contributed by atoms with Gasteiger partial charge in [0.05, 0.1) is 23.0 Å². The van der Waals surface area contributed by atoms with Crippen molar-refractivity contribution in [2.75, 3.05) is 16.8 Å². The fraction of sp³-hybridized carbons (Fsp3) is 0.316. The van der Waals surface area contributed by atoms with Crippen molar-refractivity contribution in [2.24, 2.45) is 5.92 Å². The minimum Gasteiger partial charge on any atom is -0.324 e. The first-order valence-corrected chi connectivity index (χ1v) is 8.27. The lowest BCUT2D eigenvalue weighted by molar-refractivity contribution is -0.122. The number of benzene rings is 1. The third-order valence-electron chi connectivity index (χ3n) is 4.47. The first-order valence-electron chi connectivity index (χ1n) is 8.27. The number of amides is 2. The minimum atomic E-state index is -0.825. The van der Waals surface area contributed by atoms with Gasteiger partial charge in [0.1, 0.15) is 11.6 Å². The molecule has 1 aromatic carbocycles. The molecule has 26 heavy (non-hydrogen) atoms. The van der Waals surface area contributed by atoms with Crippen molar-refractivity contribution in [1.29, 1.82) is 0 Å². The molecular weight excluding hydrogens is 340 g/mol. The maximum atomic E-state index is 14.0. The van der Waals surface area contributed by atoms with E-state index in [1.165, 1.54) is 11.0 Å². The maximum Gasteiger partial charge on any atom is 0.229 e. The first kappa shape index (κ1) is 18.0. The summed E-state index contributed by atoms with van der Waals surface area (Å²) in [6.07, 6.45) is -0.0277. The number of carbonyl (C=O) groups excluding carboxylic acids is 2. The largest absolute Gasteiger partial charge is 0.324 e. The molecule has 2 heterocycles. The summed E-state index contributed by atoms with van der Waals surface area (Å²) in [7, 11) is 0. The van der Waals surface area contributed by atoms with Gasteiger partial charge in [0.2, 0.25) is 11.8 Å². The van der Waals surface area contributed by atoms with Crippen LogP contribution < -0.4 is 10.2 Å². The van der Waals surface area contributed by atoms with Gasteiger partial charge >= 0.3 is 0 Å². The molecule has 3 rings (SSSR count). The highest BCUT2D eigenvalue weighted by atomic mass is 19.1. The van der Waals surface area contributed by atoms with Crippen LogP contribution in [0.3, 0.4) is 0 Å². The smallest absolute Gasteiger partial charge is 0.229 e. The van der Waals surface area contributed by atoms with Gasteiger partial charge in [-0.3, -0.25) is 14.6 Å². The zero-order valence-corrected chi connectivity index (χ0v) is 14.8. The number of aromatic nitrogens is 1. The average Bonchev–Trinajstić information content (AvgIpc) is 2.92. The molecule has 136 valence electrons. The SMILES string of the molecule is Cc1cc(C)c(NC(=O)C2CC(=O)N(c3ccc(F)cc3F)C2)c(C)n1. The van der Waals surface area contributed by atoms with Crippen molar-refractivity contribution in [3.63, 3.8) is 0 Å². The van der Waals surface area contributed by atoms with E-state index in [1.54, 1.807) is 6.92 Å². The van der Waals surface area contributed by atoms with Crippen LogP contribution in [-0.4, -0.2) is 23.3 Å². The van der Waals surface area contributed by atoms with Crippen molar-refractivity contribution >= 4 is 23.2 Å². The average molecular weight is 359 g/mol. The Hall–Kier alpha value is -2.83. The monoisotopic (exact) mass is 359 g/mol. The molecule has 1 fully saturated rings. The van der Waals surface area contributed by atoms with Crippen LogP contribution in [0.4, 0.5) is 20.2 Å². The summed E-state index contributed by atoms with van der Waals surface area (Å²) in [4.78, 5) is 30.3. The minimum absolute atomic E-state index is 0.0175. The molecule has 0 saturated carbocycles. The predicted molar refractivity (Wildman–Crippen MR) is 93.9 cm³/mol. The summed E-state index contributed by atoms with van der Waals surface area (Å²) in [5.74, 6) is -2.85. The van der Waals surface area contributed by atoms with Crippen molar-refractivity contribution in [1.82, 2.24) is 4.98 Å². The van der Waals surface area contributed by atoms with Crippen molar-refractivity contribution in [2.45, 2.75) is 27.2 Å². The number of anilines is 2. The number of pyridine rings is 1. The molecular formula is C19H19F2N3O2. The number of nitrogens with one attached hydrogen (secondary N) is 1. The normalized spacial score (nSPS) is 16.9. The van der Waals surface area contributed by atoms with Gasteiger partial charge in [-0.1, -0.05) is 0 Å². The molecule has 2 aromatic rings. The topological polar surface area (TPSA) is 62.3 Å². The highest BCUT2D eigenvalue weighted by Gasteiger charge is 2.36. The summed E-state index contributed by atoms with van der Waals surface area (Å²) in [6.45, 7) is 5.59. The quantitative estimate of drug-likeness (QED) is 0.915. The predicted octanol–water partition coefficient (Wildman–Crippen LogP) is 3.28. The Morgan fingerprint density at radius 1 is 1.23 bits per heavy atom. The molecule has 7 heteroatoms. The highest BCUT2D eigenvalue weighted by molar-refractivity contribution is 6.03. The van der Waals surface area contributed by atoms with E-state index < -0.39 is 17.6 Å². The molecule has 0 bridgehead atoms. The van der Waals surface area contributed by atoms with Crippen LogP contribution in [-0.2, 0) is 9.59 Å². The molecule has 1 aromatic heterocycles. The molecule has 0 aliphatic carbocycles. The second-order valence-corrected chi connectivity index (χ2v) is 6.53. The fourth-order valence-electron chi connectivity index (χ4n) is 3.25. The number of hydrogen-bond donors (Lipinski definition) is 1. The third-order valence-corrected chi connectivity index (χ3v) is 4.47. The van der Waals surface area contributed by atoms with Gasteiger partial charge in [-0.05, 0) is 44.5 Å². The second kappa shape index (κ2) is 6.82. The molecule has 2 amide bonds. The Kier molecular flexibility index (Phi) is 4.71. The van der Waals surface area contributed by atoms with Crippen molar-refractivity contribution in [3.05, 3.63) is 52.9 Å². The van der Waals surface area contributed by atoms with Crippen LogP contribution in [0, 0.1) is 38.3 Å². The zero-order chi connectivity index (χ0) is 19.0. The van der Waals surface area contributed by atoms with Crippen LogP contribution in [0.5, 0.6) is 0 Å². The molecule has 0 spiro atoms. The van der Waals surface area contributed by atoms with Gasteiger partial charge in [0.15, 0.2) is 0 Å². The summed E-state index contributed by atoms with van der Waals surface area (Å²) < 4.78 is 27.0. The van der Waals surface area contributed by atoms with Crippen LogP contribution in [0.25, 0.3) is 0 Å². The second-order valence-electron chi connectivity index (χ2n) is 6.53. The molecule has 1 aliphatic rings. The van der Waals surface area contributed by atoms with Gasteiger partial charge in [-0.15, -0.1) is 0 Å². The number of rotatable bonds is 3. The Bertz CT molecular complexity index is 875. The number of hydrogen-bond acceptors (Lipinski definition) is 3. The number of carbonyl (C=O) groups is 2. The Labute approximate surface area is 150 Å². The van der Waals surface area contributed by atoms with Crippen LogP contribution in [0.1, 0.15) is 23.4 Å². The third kappa shape index (κ3) is 3.42. The number of aryl methyl sites for hydroxylation is 3. The molecule has 1 N–H and O–H groups in total. The lowest BCUT2D eigenvalue weighted by atomic mass is 10.1. The summed E-state index contributed by atoms with van der Waals surface area (Å²) in [6, 6.07) is 4.88. The van der Waals surface area contributed by atoms with E-state index in [0.717, 1.165) is 23.4 Å². The Morgan fingerprint density at radius 2 is 1.96 bits per heavy atom. The van der Waals surface area contributed by atoms with Gasteiger partial charge in [0, 0.05) is 24.7 Å². The highest BCUT2D eigenvalue weighted by Crippen LogP contribution is 2.29. The Morgan fingerprint density at radius 3 is 2.62 bits per heavy atom. The van der Waals surface area contributed by atoms with E-state index in [-0.39, 0.29) is 30.5 Å². The van der Waals surface area contributed by atoms with Gasteiger partial charge in [0.25, 0.3) is 0 Å². The molecule has 1 unspecified atom stereocenters. The Balaban J connectivity index is 1.77. The maximum absolute atomic E-state index is 14.0. The molecule has 1 saturated heterocycles. The summed E-state index contributed by atoms with van der Waals surface area (Å²) in [5.41, 5.74) is 3.04. The summed E-state index contributed by atoms with van der Waals surface area (Å²) in [5, 5.41) is 2.83. The van der Waals surface area contributed by atoms with E-state index in [2.05, 4.69) is 10.3 Å². The van der Waals surface area contributed by atoms with Gasteiger partial charge in [-0.2, -0.15) is 0 Å². The number of nitrogens with zero attached hydrogens (tertiary/aromatic N) is 2. The van der Waals surface area contributed by atoms with E-state index in [9.17, 15) is 18.4 Å². The van der Waals surface area contributed by atoms with Crippen molar-refractivity contribution in [3.8, 4) is 0 Å². The van der Waals surface area contributed by atoms with Gasteiger partial charge in [-0.25, -0.2) is 8.78 Å². The van der Waals surface area contributed by atoms with E-state index in [0.29, 0.717) is 11.4 Å². The van der Waals surface area contributed by atoms with E-state index >= 15 is 0 Å². The lowest BCUT2D eigenvalue weighted by Crippen LogP contribution is -2.29.